The highest BCUT2D eigenvalue weighted by molar-refractivity contribution is 5.11. The van der Waals surface area contributed by atoms with E-state index in [4.69, 9.17) is 4.74 Å². The van der Waals surface area contributed by atoms with Gasteiger partial charge in [0.2, 0.25) is 0 Å². The van der Waals surface area contributed by atoms with E-state index in [0.717, 1.165) is 5.92 Å². The van der Waals surface area contributed by atoms with E-state index >= 15 is 0 Å². The van der Waals surface area contributed by atoms with E-state index in [-0.39, 0.29) is 16.4 Å². The van der Waals surface area contributed by atoms with Gasteiger partial charge in [-0.05, 0) is 49.4 Å². The first-order valence-electron chi connectivity index (χ1n) is 7.36. The normalized spacial score (nSPS) is 31.0. The van der Waals surface area contributed by atoms with Crippen molar-refractivity contribution >= 4 is 0 Å². The average molecular weight is 254 g/mol. The molecule has 0 spiro atoms. The highest BCUT2D eigenvalue weighted by Gasteiger charge is 2.63. The van der Waals surface area contributed by atoms with E-state index in [1.807, 2.05) is 0 Å². The molecular weight excluding hydrogens is 220 g/mol. The number of hydrogen-bond acceptors (Lipinski definition) is 1. The van der Waals surface area contributed by atoms with E-state index in [0.29, 0.717) is 11.5 Å². The van der Waals surface area contributed by atoms with Gasteiger partial charge in [-0.2, -0.15) is 0 Å². The Bertz CT molecular complexity index is 255. The molecule has 1 nitrogen and oxygen atoms in total. The standard InChI is InChI=1S/C17H34O/c1-14(2,3)11-12-16(7,8)13(17(12,9)10)18-15(4,5)6/h12-13H,11H2,1-10H3. The first-order valence-corrected chi connectivity index (χ1v) is 7.36. The van der Waals surface area contributed by atoms with Crippen LogP contribution < -0.4 is 0 Å². The topological polar surface area (TPSA) is 9.23 Å². The summed E-state index contributed by atoms with van der Waals surface area (Å²) in [6.45, 7) is 23.0. The molecule has 0 heterocycles. The van der Waals surface area contributed by atoms with Gasteiger partial charge in [-0.1, -0.05) is 48.5 Å². The van der Waals surface area contributed by atoms with Gasteiger partial charge in [-0.15, -0.1) is 0 Å². The Morgan fingerprint density at radius 1 is 0.833 bits per heavy atom. The number of ether oxygens (including phenoxy) is 1. The lowest BCUT2D eigenvalue weighted by Crippen LogP contribution is -2.66. The second-order valence-corrected chi connectivity index (χ2v) is 9.57. The molecule has 0 atom stereocenters. The second kappa shape index (κ2) is 4.23. The Morgan fingerprint density at radius 2 is 1.22 bits per heavy atom. The minimum Gasteiger partial charge on any atom is -0.372 e. The summed E-state index contributed by atoms with van der Waals surface area (Å²) in [4.78, 5) is 0. The van der Waals surface area contributed by atoms with Crippen molar-refractivity contribution in [1.29, 1.82) is 0 Å². The Labute approximate surface area is 115 Å². The highest BCUT2D eigenvalue weighted by atomic mass is 16.5. The minimum atomic E-state index is -0.0497. The molecule has 0 unspecified atom stereocenters. The van der Waals surface area contributed by atoms with Crippen LogP contribution in [0.2, 0.25) is 0 Å². The van der Waals surface area contributed by atoms with E-state index in [9.17, 15) is 0 Å². The first-order chi connectivity index (χ1) is 7.68. The fourth-order valence-corrected chi connectivity index (χ4v) is 3.98. The van der Waals surface area contributed by atoms with Gasteiger partial charge in [-0.3, -0.25) is 0 Å². The summed E-state index contributed by atoms with van der Waals surface area (Å²) in [5.74, 6) is 0.734. The Morgan fingerprint density at radius 3 is 1.50 bits per heavy atom. The largest absolute Gasteiger partial charge is 0.372 e. The molecule has 1 rings (SSSR count). The average Bonchev–Trinajstić information content (AvgIpc) is 2.07. The predicted molar refractivity (Wildman–Crippen MR) is 79.8 cm³/mol. The van der Waals surface area contributed by atoms with Crippen molar-refractivity contribution in [1.82, 2.24) is 0 Å². The zero-order chi connectivity index (χ0) is 14.6. The van der Waals surface area contributed by atoms with Crippen molar-refractivity contribution in [2.75, 3.05) is 0 Å². The lowest BCUT2D eigenvalue weighted by atomic mass is 9.43. The van der Waals surface area contributed by atoms with Crippen molar-refractivity contribution in [2.45, 2.75) is 87.4 Å². The SMILES string of the molecule is CC(C)(C)CC1C(C)(C)C(OC(C)(C)C)C1(C)C. The van der Waals surface area contributed by atoms with Gasteiger partial charge < -0.3 is 4.74 Å². The maximum absolute atomic E-state index is 6.35. The third-order valence-corrected chi connectivity index (χ3v) is 4.44. The van der Waals surface area contributed by atoms with Crippen LogP contribution in [0.5, 0.6) is 0 Å². The number of hydrogen-bond donors (Lipinski definition) is 0. The third kappa shape index (κ3) is 3.10. The van der Waals surface area contributed by atoms with Crippen molar-refractivity contribution < 1.29 is 4.74 Å². The van der Waals surface area contributed by atoms with E-state index in [2.05, 4.69) is 69.2 Å². The first kappa shape index (κ1) is 16.0. The maximum Gasteiger partial charge on any atom is 0.0689 e. The molecule has 18 heavy (non-hydrogen) atoms. The Hall–Kier alpha value is -0.0400. The molecule has 0 aliphatic heterocycles. The zero-order valence-electron chi connectivity index (χ0n) is 14.3. The molecule has 0 aromatic rings. The molecule has 0 aromatic carbocycles. The fraction of sp³-hybridized carbons (Fsp3) is 1.00. The summed E-state index contributed by atoms with van der Waals surface area (Å²) in [7, 11) is 0. The predicted octanol–water partition coefficient (Wildman–Crippen LogP) is 5.29. The molecule has 1 aliphatic carbocycles. The van der Waals surface area contributed by atoms with Crippen molar-refractivity contribution in [3.8, 4) is 0 Å². The van der Waals surface area contributed by atoms with Crippen LogP contribution in [0, 0.1) is 22.2 Å². The van der Waals surface area contributed by atoms with E-state index in [1.165, 1.54) is 6.42 Å². The molecule has 0 radical (unpaired) electrons. The lowest BCUT2D eigenvalue weighted by molar-refractivity contribution is -0.274. The van der Waals surface area contributed by atoms with Gasteiger partial charge >= 0.3 is 0 Å². The van der Waals surface area contributed by atoms with Gasteiger partial charge in [0.15, 0.2) is 0 Å². The van der Waals surface area contributed by atoms with Gasteiger partial charge in [0.05, 0.1) is 11.7 Å². The molecule has 1 aliphatic rings. The highest BCUT2D eigenvalue weighted by Crippen LogP contribution is 2.63. The van der Waals surface area contributed by atoms with Gasteiger partial charge in [0.25, 0.3) is 0 Å². The second-order valence-electron chi connectivity index (χ2n) is 9.57. The third-order valence-electron chi connectivity index (χ3n) is 4.44. The van der Waals surface area contributed by atoms with Crippen LogP contribution >= 0.6 is 0 Å². The van der Waals surface area contributed by atoms with Crippen LogP contribution in [-0.4, -0.2) is 11.7 Å². The molecule has 0 saturated heterocycles. The summed E-state index contributed by atoms with van der Waals surface area (Å²) in [5.41, 5.74) is 0.909. The minimum absolute atomic E-state index is 0.0497. The Balaban J connectivity index is 2.88. The van der Waals surface area contributed by atoms with Crippen LogP contribution in [0.15, 0.2) is 0 Å². The summed E-state index contributed by atoms with van der Waals surface area (Å²) < 4.78 is 6.35. The molecule has 0 amide bonds. The molecule has 1 heteroatoms. The molecule has 1 saturated carbocycles. The molecular formula is C17H34O. The quantitative estimate of drug-likeness (QED) is 0.650. The molecule has 0 aromatic heterocycles. The lowest BCUT2D eigenvalue weighted by Gasteiger charge is -2.66. The summed E-state index contributed by atoms with van der Waals surface area (Å²) in [6.07, 6.45) is 1.63. The van der Waals surface area contributed by atoms with Crippen LogP contribution in [-0.2, 0) is 4.74 Å². The van der Waals surface area contributed by atoms with Crippen LogP contribution in [0.3, 0.4) is 0 Å². The smallest absolute Gasteiger partial charge is 0.0689 e. The fourth-order valence-electron chi connectivity index (χ4n) is 3.98. The van der Waals surface area contributed by atoms with Gasteiger partial charge in [0, 0.05) is 0 Å². The van der Waals surface area contributed by atoms with Gasteiger partial charge in [-0.25, -0.2) is 0 Å². The van der Waals surface area contributed by atoms with Crippen molar-refractivity contribution in [3.05, 3.63) is 0 Å². The molecule has 0 bridgehead atoms. The zero-order valence-corrected chi connectivity index (χ0v) is 14.3. The summed E-state index contributed by atoms with van der Waals surface area (Å²) in [5, 5.41) is 0. The number of rotatable bonds is 2. The maximum atomic E-state index is 6.35. The van der Waals surface area contributed by atoms with E-state index < -0.39 is 0 Å². The van der Waals surface area contributed by atoms with Crippen LogP contribution in [0.1, 0.15) is 75.7 Å². The Kier molecular flexibility index (Phi) is 3.76. The van der Waals surface area contributed by atoms with Crippen molar-refractivity contribution in [3.63, 3.8) is 0 Å². The summed E-state index contributed by atoms with van der Waals surface area (Å²) >= 11 is 0. The van der Waals surface area contributed by atoms with Gasteiger partial charge in [0.1, 0.15) is 0 Å². The van der Waals surface area contributed by atoms with Crippen LogP contribution in [0.4, 0.5) is 0 Å². The summed E-state index contributed by atoms with van der Waals surface area (Å²) in [6, 6.07) is 0. The molecule has 0 N–H and O–H groups in total. The van der Waals surface area contributed by atoms with E-state index in [1.54, 1.807) is 0 Å². The molecule has 1 fully saturated rings. The monoisotopic (exact) mass is 254 g/mol. The van der Waals surface area contributed by atoms with Crippen molar-refractivity contribution in [2.24, 2.45) is 22.2 Å². The molecule has 108 valence electrons. The van der Waals surface area contributed by atoms with Crippen LogP contribution in [0.25, 0.3) is 0 Å².